The van der Waals surface area contributed by atoms with Crippen LogP contribution in [0.2, 0.25) is 0 Å². The zero-order valence-corrected chi connectivity index (χ0v) is 15.0. The zero-order chi connectivity index (χ0) is 15.4. The van der Waals surface area contributed by atoms with Crippen molar-refractivity contribution >= 4 is 18.3 Å². The molecule has 4 heteroatoms. The van der Waals surface area contributed by atoms with Crippen molar-refractivity contribution in [1.82, 2.24) is 10.2 Å². The van der Waals surface area contributed by atoms with Crippen LogP contribution in [0.15, 0.2) is 18.2 Å². The molecule has 128 valence electrons. The van der Waals surface area contributed by atoms with Crippen LogP contribution in [-0.2, 0) is 24.1 Å². The van der Waals surface area contributed by atoms with Gasteiger partial charge in [-0.25, -0.2) is 0 Å². The van der Waals surface area contributed by atoms with Crippen molar-refractivity contribution in [3.63, 3.8) is 0 Å². The molecule has 3 rings (SSSR count). The summed E-state index contributed by atoms with van der Waals surface area (Å²) in [7, 11) is 0. The summed E-state index contributed by atoms with van der Waals surface area (Å²) in [6, 6.07) is 7.09. The Labute approximate surface area is 146 Å². The van der Waals surface area contributed by atoms with Crippen molar-refractivity contribution in [1.29, 1.82) is 0 Å². The lowest BCUT2D eigenvalue weighted by Gasteiger charge is -2.28. The van der Waals surface area contributed by atoms with E-state index < -0.39 is 0 Å². The Hall–Kier alpha value is -1.06. The van der Waals surface area contributed by atoms with Gasteiger partial charge in [-0.05, 0) is 61.8 Å². The second-order valence-corrected chi connectivity index (χ2v) is 6.72. The Morgan fingerprint density at radius 3 is 2.74 bits per heavy atom. The van der Waals surface area contributed by atoms with Crippen LogP contribution in [0.3, 0.4) is 0 Å². The summed E-state index contributed by atoms with van der Waals surface area (Å²) < 4.78 is 0. The lowest BCUT2D eigenvalue weighted by molar-refractivity contribution is -0.132. The van der Waals surface area contributed by atoms with Crippen LogP contribution >= 0.6 is 12.4 Å². The van der Waals surface area contributed by atoms with Crippen LogP contribution in [0.1, 0.15) is 49.3 Å². The lowest BCUT2D eigenvalue weighted by atomic mass is 9.90. The molecular weight excluding hydrogens is 308 g/mol. The van der Waals surface area contributed by atoms with Gasteiger partial charge < -0.3 is 10.2 Å². The second kappa shape index (κ2) is 8.70. The largest absolute Gasteiger partial charge is 0.338 e. The Morgan fingerprint density at radius 2 is 2.04 bits per heavy atom. The van der Waals surface area contributed by atoms with E-state index in [0.29, 0.717) is 18.4 Å². The van der Waals surface area contributed by atoms with Crippen LogP contribution in [-0.4, -0.2) is 36.5 Å². The van der Waals surface area contributed by atoms with Gasteiger partial charge in [-0.15, -0.1) is 12.4 Å². The molecule has 0 bridgehead atoms. The highest BCUT2D eigenvalue weighted by molar-refractivity contribution is 5.85. The van der Waals surface area contributed by atoms with Crippen molar-refractivity contribution in [3.05, 3.63) is 34.9 Å². The number of hydrogen-bond donors (Lipinski definition) is 1. The van der Waals surface area contributed by atoms with E-state index in [2.05, 4.69) is 35.3 Å². The van der Waals surface area contributed by atoms with E-state index >= 15 is 0 Å². The number of nitrogens with zero attached hydrogens (tertiary/aromatic N) is 1. The Bertz CT molecular complexity index is 526. The van der Waals surface area contributed by atoms with Gasteiger partial charge in [-0.1, -0.05) is 25.1 Å². The first-order valence-corrected chi connectivity index (χ1v) is 8.89. The SMILES string of the molecule is CCCN(C(=O)Cc1ccc2c(c1)CCCC2)C1CCNC1.Cl. The van der Waals surface area contributed by atoms with Gasteiger partial charge in [-0.3, -0.25) is 4.79 Å². The molecule has 1 N–H and O–H groups in total. The van der Waals surface area contributed by atoms with Gasteiger partial charge in [0.2, 0.25) is 5.91 Å². The highest BCUT2D eigenvalue weighted by Crippen LogP contribution is 2.23. The minimum atomic E-state index is 0. The maximum Gasteiger partial charge on any atom is 0.227 e. The fraction of sp³-hybridized carbons (Fsp3) is 0.632. The predicted octanol–water partition coefficient (Wildman–Crippen LogP) is 3.13. The highest BCUT2D eigenvalue weighted by Gasteiger charge is 2.25. The van der Waals surface area contributed by atoms with E-state index in [1.807, 2.05) is 0 Å². The molecular formula is C19H29ClN2O. The molecule has 1 aromatic rings. The summed E-state index contributed by atoms with van der Waals surface area (Å²) in [4.78, 5) is 14.9. The number of benzene rings is 1. The average Bonchev–Trinajstić information content (AvgIpc) is 3.06. The molecule has 0 radical (unpaired) electrons. The van der Waals surface area contributed by atoms with E-state index in [0.717, 1.165) is 32.5 Å². The number of carbonyl (C=O) groups is 1. The van der Waals surface area contributed by atoms with Gasteiger partial charge >= 0.3 is 0 Å². The van der Waals surface area contributed by atoms with Crippen LogP contribution in [0, 0.1) is 0 Å². The first-order chi connectivity index (χ1) is 10.8. The molecule has 1 unspecified atom stereocenters. The molecule has 1 saturated heterocycles. The third kappa shape index (κ3) is 4.48. The number of carbonyl (C=O) groups excluding carboxylic acids is 1. The van der Waals surface area contributed by atoms with E-state index in [1.54, 1.807) is 0 Å². The van der Waals surface area contributed by atoms with E-state index in [-0.39, 0.29) is 12.4 Å². The monoisotopic (exact) mass is 336 g/mol. The van der Waals surface area contributed by atoms with Gasteiger partial charge in [-0.2, -0.15) is 0 Å². The molecule has 23 heavy (non-hydrogen) atoms. The summed E-state index contributed by atoms with van der Waals surface area (Å²) in [6.45, 7) is 5.03. The minimum absolute atomic E-state index is 0. The summed E-state index contributed by atoms with van der Waals surface area (Å²) in [6.07, 6.45) is 7.68. The molecule has 1 heterocycles. The van der Waals surface area contributed by atoms with Gasteiger partial charge in [0.05, 0.1) is 6.42 Å². The molecule has 0 spiro atoms. The Balaban J connectivity index is 0.00000192. The number of nitrogens with one attached hydrogen (secondary N) is 1. The predicted molar refractivity (Wildman–Crippen MR) is 97.3 cm³/mol. The van der Waals surface area contributed by atoms with Gasteiger partial charge in [0, 0.05) is 19.1 Å². The number of aryl methyl sites for hydroxylation is 2. The number of fused-ring (bicyclic) bond motifs is 1. The van der Waals surface area contributed by atoms with Gasteiger partial charge in [0.1, 0.15) is 0 Å². The van der Waals surface area contributed by atoms with Crippen molar-refractivity contribution in [2.24, 2.45) is 0 Å². The highest BCUT2D eigenvalue weighted by atomic mass is 35.5. The Kier molecular flexibility index (Phi) is 6.91. The average molecular weight is 337 g/mol. The van der Waals surface area contributed by atoms with Crippen molar-refractivity contribution in [2.75, 3.05) is 19.6 Å². The maximum absolute atomic E-state index is 12.8. The van der Waals surface area contributed by atoms with E-state index in [1.165, 1.54) is 42.4 Å². The normalized spacial score (nSPS) is 19.8. The van der Waals surface area contributed by atoms with Crippen LogP contribution < -0.4 is 5.32 Å². The molecule has 1 fully saturated rings. The standard InChI is InChI=1S/C19H28N2O.ClH/c1-2-11-21(18-9-10-20-14-18)19(22)13-15-7-8-16-5-3-4-6-17(16)12-15;/h7-8,12,18,20H,2-6,9-11,13-14H2,1H3;1H. The van der Waals surface area contributed by atoms with Gasteiger partial charge in [0.25, 0.3) is 0 Å². The van der Waals surface area contributed by atoms with E-state index in [4.69, 9.17) is 0 Å². The summed E-state index contributed by atoms with van der Waals surface area (Å²) in [5, 5.41) is 3.38. The first kappa shape index (κ1) is 18.3. The number of halogens is 1. The molecule has 3 nitrogen and oxygen atoms in total. The van der Waals surface area contributed by atoms with Crippen molar-refractivity contribution < 1.29 is 4.79 Å². The molecule has 1 aliphatic carbocycles. The van der Waals surface area contributed by atoms with E-state index in [9.17, 15) is 4.79 Å². The fourth-order valence-electron chi connectivity index (χ4n) is 3.83. The van der Waals surface area contributed by atoms with Crippen LogP contribution in [0.4, 0.5) is 0 Å². The topological polar surface area (TPSA) is 32.3 Å². The number of rotatable bonds is 5. The molecule has 0 saturated carbocycles. The molecule has 2 aliphatic rings. The number of amides is 1. The molecule has 0 aromatic heterocycles. The minimum Gasteiger partial charge on any atom is -0.338 e. The summed E-state index contributed by atoms with van der Waals surface area (Å²) in [5.41, 5.74) is 4.16. The fourth-order valence-corrected chi connectivity index (χ4v) is 3.83. The molecule has 1 aliphatic heterocycles. The first-order valence-electron chi connectivity index (χ1n) is 8.89. The number of hydrogen-bond acceptors (Lipinski definition) is 2. The lowest BCUT2D eigenvalue weighted by Crippen LogP contribution is -2.42. The zero-order valence-electron chi connectivity index (χ0n) is 14.1. The van der Waals surface area contributed by atoms with Gasteiger partial charge in [0.15, 0.2) is 0 Å². The summed E-state index contributed by atoms with van der Waals surface area (Å²) >= 11 is 0. The quantitative estimate of drug-likeness (QED) is 0.896. The third-order valence-corrected chi connectivity index (χ3v) is 5.03. The molecule has 1 amide bonds. The van der Waals surface area contributed by atoms with Crippen molar-refractivity contribution in [3.8, 4) is 0 Å². The molecule has 1 aromatic carbocycles. The van der Waals surface area contributed by atoms with Crippen LogP contribution in [0.5, 0.6) is 0 Å². The maximum atomic E-state index is 12.8. The smallest absolute Gasteiger partial charge is 0.227 e. The third-order valence-electron chi connectivity index (χ3n) is 5.03. The Morgan fingerprint density at radius 1 is 1.26 bits per heavy atom. The second-order valence-electron chi connectivity index (χ2n) is 6.72. The summed E-state index contributed by atoms with van der Waals surface area (Å²) in [5.74, 6) is 0.298. The molecule has 1 atom stereocenters. The van der Waals surface area contributed by atoms with Crippen LogP contribution in [0.25, 0.3) is 0 Å². The van der Waals surface area contributed by atoms with Crippen molar-refractivity contribution in [2.45, 2.75) is 57.9 Å².